The average molecular weight is 323 g/mol. The monoisotopic (exact) mass is 322 g/mol. The van der Waals surface area contributed by atoms with Crippen LogP contribution in [-0.4, -0.2) is 37.0 Å². The highest BCUT2D eigenvalue weighted by Crippen LogP contribution is 2.32. The average Bonchev–Trinajstić information content (AvgIpc) is 2.56. The predicted molar refractivity (Wildman–Crippen MR) is 92.5 cm³/mol. The van der Waals surface area contributed by atoms with Crippen molar-refractivity contribution in [2.24, 2.45) is 5.41 Å². The summed E-state index contributed by atoms with van der Waals surface area (Å²) in [6.45, 7) is 5.84. The Balaban J connectivity index is 0.00000176. The summed E-state index contributed by atoms with van der Waals surface area (Å²) in [5, 5.41) is 3.38. The summed E-state index contributed by atoms with van der Waals surface area (Å²) in [6.07, 6.45) is 4.33. The molecule has 2 aliphatic heterocycles. The Morgan fingerprint density at radius 2 is 1.91 bits per heavy atom. The number of rotatable bonds is 2. The Hall–Kier alpha value is -1.06. The number of carbonyl (C=O) groups is 1. The fraction of sp³-hybridized carbons (Fsp3) is 0.611. The van der Waals surface area contributed by atoms with Gasteiger partial charge in [0, 0.05) is 19.6 Å². The fourth-order valence-corrected chi connectivity index (χ4v) is 3.76. The number of halogens is 1. The van der Waals surface area contributed by atoms with Crippen LogP contribution in [0, 0.1) is 5.41 Å². The van der Waals surface area contributed by atoms with Crippen LogP contribution >= 0.6 is 12.4 Å². The number of likely N-dealkylation sites (tertiary alicyclic amines) is 1. The number of nitrogens with zero attached hydrogens (tertiary/aromatic N) is 1. The summed E-state index contributed by atoms with van der Waals surface area (Å²) < 4.78 is 0. The molecule has 0 radical (unpaired) electrons. The quantitative estimate of drug-likeness (QED) is 0.907. The molecule has 4 heteroatoms. The first-order valence-corrected chi connectivity index (χ1v) is 8.24. The Bertz CT molecular complexity index is 477. The standard InChI is InChI=1S/C18H26N2O.ClH/c1-18(10-5-11-19-14-18)17(21)20-12-8-16(9-13-20)15-6-3-2-4-7-15;/h2-4,6-7,16,19H,5,8-14H2,1H3;1H. The largest absolute Gasteiger partial charge is 0.342 e. The van der Waals surface area contributed by atoms with Gasteiger partial charge in [0.1, 0.15) is 0 Å². The molecule has 1 N–H and O–H groups in total. The van der Waals surface area contributed by atoms with Crippen molar-refractivity contribution in [1.82, 2.24) is 10.2 Å². The predicted octanol–water partition coefficient (Wildman–Crippen LogP) is 3.20. The maximum atomic E-state index is 12.8. The van der Waals surface area contributed by atoms with E-state index in [0.29, 0.717) is 11.8 Å². The molecular formula is C18H27ClN2O. The van der Waals surface area contributed by atoms with Crippen LogP contribution in [0.2, 0.25) is 0 Å². The van der Waals surface area contributed by atoms with E-state index in [9.17, 15) is 4.79 Å². The van der Waals surface area contributed by atoms with Gasteiger partial charge in [0.15, 0.2) is 0 Å². The number of hydrogen-bond donors (Lipinski definition) is 1. The summed E-state index contributed by atoms with van der Waals surface area (Å²) in [7, 11) is 0. The van der Waals surface area contributed by atoms with Crippen LogP contribution in [0.4, 0.5) is 0 Å². The summed E-state index contributed by atoms with van der Waals surface area (Å²) in [5.74, 6) is 0.980. The van der Waals surface area contributed by atoms with Crippen LogP contribution in [0.5, 0.6) is 0 Å². The Morgan fingerprint density at radius 3 is 2.50 bits per heavy atom. The van der Waals surface area contributed by atoms with Gasteiger partial charge in [-0.2, -0.15) is 0 Å². The van der Waals surface area contributed by atoms with Crippen molar-refractivity contribution in [3.63, 3.8) is 0 Å². The van der Waals surface area contributed by atoms with Crippen molar-refractivity contribution in [2.75, 3.05) is 26.2 Å². The highest BCUT2D eigenvalue weighted by atomic mass is 35.5. The van der Waals surface area contributed by atoms with Crippen LogP contribution in [0.15, 0.2) is 30.3 Å². The lowest BCUT2D eigenvalue weighted by Crippen LogP contribution is -2.51. The summed E-state index contributed by atoms with van der Waals surface area (Å²) >= 11 is 0. The van der Waals surface area contributed by atoms with Crippen LogP contribution < -0.4 is 5.32 Å². The van der Waals surface area contributed by atoms with E-state index in [4.69, 9.17) is 0 Å². The molecular weight excluding hydrogens is 296 g/mol. The molecule has 0 bridgehead atoms. The van der Waals surface area contributed by atoms with E-state index in [-0.39, 0.29) is 17.8 Å². The fourth-order valence-electron chi connectivity index (χ4n) is 3.76. The zero-order chi connectivity index (χ0) is 14.7. The van der Waals surface area contributed by atoms with Crippen molar-refractivity contribution < 1.29 is 4.79 Å². The van der Waals surface area contributed by atoms with Crippen LogP contribution in [0.25, 0.3) is 0 Å². The molecule has 2 aliphatic rings. The SMILES string of the molecule is CC1(C(=O)N2CCC(c3ccccc3)CC2)CCCNC1.Cl. The number of amides is 1. The molecule has 2 heterocycles. The van der Waals surface area contributed by atoms with Crippen LogP contribution in [-0.2, 0) is 4.79 Å². The summed E-state index contributed by atoms with van der Waals surface area (Å²) in [5.41, 5.74) is 1.24. The normalized spacial score (nSPS) is 26.3. The highest BCUT2D eigenvalue weighted by molar-refractivity contribution is 5.85. The van der Waals surface area contributed by atoms with E-state index in [2.05, 4.69) is 47.5 Å². The van der Waals surface area contributed by atoms with Crippen molar-refractivity contribution in [2.45, 2.75) is 38.5 Å². The third-order valence-electron chi connectivity index (χ3n) is 5.17. The Kier molecular flexibility index (Phi) is 5.87. The number of hydrogen-bond acceptors (Lipinski definition) is 2. The molecule has 122 valence electrons. The molecule has 1 aromatic carbocycles. The van der Waals surface area contributed by atoms with Crippen molar-refractivity contribution in [1.29, 1.82) is 0 Å². The molecule has 22 heavy (non-hydrogen) atoms. The number of benzene rings is 1. The molecule has 3 nitrogen and oxygen atoms in total. The van der Waals surface area contributed by atoms with Gasteiger partial charge in [-0.1, -0.05) is 30.3 Å². The number of carbonyl (C=O) groups excluding carboxylic acids is 1. The lowest BCUT2D eigenvalue weighted by molar-refractivity contribution is -0.143. The highest BCUT2D eigenvalue weighted by Gasteiger charge is 2.38. The van der Waals surface area contributed by atoms with Gasteiger partial charge in [-0.05, 0) is 50.6 Å². The zero-order valence-corrected chi connectivity index (χ0v) is 14.2. The molecule has 0 aliphatic carbocycles. The van der Waals surface area contributed by atoms with E-state index in [0.717, 1.165) is 51.9 Å². The van der Waals surface area contributed by atoms with Crippen molar-refractivity contribution in [3.8, 4) is 0 Å². The Labute approximate surface area is 139 Å². The first-order chi connectivity index (χ1) is 10.2. The van der Waals surface area contributed by atoms with E-state index in [1.807, 2.05) is 0 Å². The molecule has 0 spiro atoms. The van der Waals surface area contributed by atoms with E-state index in [1.165, 1.54) is 5.56 Å². The molecule has 2 fully saturated rings. The summed E-state index contributed by atoms with van der Waals surface area (Å²) in [6, 6.07) is 10.7. The molecule has 0 aromatic heterocycles. The van der Waals surface area contributed by atoms with Gasteiger partial charge >= 0.3 is 0 Å². The second-order valence-corrected chi connectivity index (χ2v) is 6.82. The minimum atomic E-state index is -0.183. The molecule has 1 aromatic rings. The van der Waals surface area contributed by atoms with E-state index >= 15 is 0 Å². The number of piperidine rings is 2. The third-order valence-corrected chi connectivity index (χ3v) is 5.17. The molecule has 1 amide bonds. The minimum absolute atomic E-state index is 0. The molecule has 1 atom stereocenters. The van der Waals surface area contributed by atoms with Gasteiger partial charge < -0.3 is 10.2 Å². The van der Waals surface area contributed by atoms with Gasteiger partial charge in [-0.3, -0.25) is 4.79 Å². The number of nitrogens with one attached hydrogen (secondary N) is 1. The van der Waals surface area contributed by atoms with E-state index in [1.54, 1.807) is 0 Å². The van der Waals surface area contributed by atoms with Gasteiger partial charge in [0.25, 0.3) is 0 Å². The first-order valence-electron chi connectivity index (χ1n) is 8.24. The maximum Gasteiger partial charge on any atom is 0.229 e. The smallest absolute Gasteiger partial charge is 0.229 e. The lowest BCUT2D eigenvalue weighted by Gasteiger charge is -2.40. The van der Waals surface area contributed by atoms with Crippen molar-refractivity contribution >= 4 is 18.3 Å². The molecule has 3 rings (SSSR count). The first kappa shape index (κ1) is 17.3. The topological polar surface area (TPSA) is 32.3 Å². The van der Waals surface area contributed by atoms with Gasteiger partial charge in [-0.25, -0.2) is 0 Å². The van der Waals surface area contributed by atoms with Crippen LogP contribution in [0.1, 0.15) is 44.1 Å². The van der Waals surface area contributed by atoms with Crippen LogP contribution in [0.3, 0.4) is 0 Å². The molecule has 0 saturated carbocycles. The van der Waals surface area contributed by atoms with Gasteiger partial charge in [-0.15, -0.1) is 12.4 Å². The van der Waals surface area contributed by atoms with Gasteiger partial charge in [0.2, 0.25) is 5.91 Å². The van der Waals surface area contributed by atoms with E-state index < -0.39 is 0 Å². The van der Waals surface area contributed by atoms with Gasteiger partial charge in [0.05, 0.1) is 5.41 Å². The minimum Gasteiger partial charge on any atom is -0.342 e. The maximum absolute atomic E-state index is 12.8. The molecule has 2 saturated heterocycles. The second kappa shape index (κ2) is 7.47. The lowest BCUT2D eigenvalue weighted by atomic mass is 9.80. The Morgan fingerprint density at radius 1 is 1.23 bits per heavy atom. The third kappa shape index (κ3) is 3.64. The van der Waals surface area contributed by atoms with Crippen molar-refractivity contribution in [3.05, 3.63) is 35.9 Å². The summed E-state index contributed by atoms with van der Waals surface area (Å²) in [4.78, 5) is 14.9. The second-order valence-electron chi connectivity index (χ2n) is 6.82. The zero-order valence-electron chi connectivity index (χ0n) is 13.4. The molecule has 1 unspecified atom stereocenters.